The Morgan fingerprint density at radius 1 is 1.32 bits per heavy atom. The van der Waals surface area contributed by atoms with Crippen LogP contribution in [-0.4, -0.2) is 51.7 Å². The molecule has 0 unspecified atom stereocenters. The summed E-state index contributed by atoms with van der Waals surface area (Å²) in [4.78, 5) is 18.1. The Balaban J connectivity index is 1.57. The van der Waals surface area contributed by atoms with Crippen molar-refractivity contribution in [3.05, 3.63) is 38.8 Å². The number of carbonyl (C=O) groups is 1. The summed E-state index contributed by atoms with van der Waals surface area (Å²) in [7, 11) is 1.86. The molecule has 1 aliphatic heterocycles. The summed E-state index contributed by atoms with van der Waals surface area (Å²) in [5.41, 5.74) is 1.63. The molecule has 5 nitrogen and oxygen atoms in total. The van der Waals surface area contributed by atoms with Crippen molar-refractivity contribution >= 4 is 28.8 Å². The molecule has 0 N–H and O–H groups in total. The van der Waals surface area contributed by atoms with Crippen LogP contribution in [-0.2, 0) is 13.6 Å². The number of amides is 1. The van der Waals surface area contributed by atoms with E-state index in [1.807, 2.05) is 24.9 Å². The van der Waals surface area contributed by atoms with Gasteiger partial charge >= 0.3 is 0 Å². The van der Waals surface area contributed by atoms with Crippen LogP contribution in [0, 0.1) is 6.92 Å². The normalized spacial score (nSPS) is 16.2. The molecule has 3 heterocycles. The van der Waals surface area contributed by atoms with Crippen molar-refractivity contribution in [2.45, 2.75) is 13.5 Å². The minimum atomic E-state index is 0.0874. The largest absolute Gasteiger partial charge is 0.336 e. The van der Waals surface area contributed by atoms with Gasteiger partial charge in [0.05, 0.1) is 16.1 Å². The van der Waals surface area contributed by atoms with E-state index in [1.165, 1.54) is 4.88 Å². The third-order valence-electron chi connectivity index (χ3n) is 4.13. The Hall–Kier alpha value is -1.37. The quantitative estimate of drug-likeness (QED) is 0.863. The lowest BCUT2D eigenvalue weighted by atomic mass is 10.2. The molecule has 7 heteroatoms. The molecule has 0 spiro atoms. The van der Waals surface area contributed by atoms with Gasteiger partial charge in [-0.3, -0.25) is 14.4 Å². The van der Waals surface area contributed by atoms with E-state index in [0.717, 1.165) is 42.8 Å². The lowest BCUT2D eigenvalue weighted by molar-refractivity contribution is 0.0629. The Labute approximate surface area is 139 Å². The second kappa shape index (κ2) is 6.40. The highest BCUT2D eigenvalue weighted by molar-refractivity contribution is 7.16. The fraction of sp³-hybridized carbons (Fsp3) is 0.467. The number of carbonyl (C=O) groups excluding carboxylic acids is 1. The molecule has 0 aromatic carbocycles. The number of hydrogen-bond donors (Lipinski definition) is 0. The third kappa shape index (κ3) is 3.19. The molecular weight excluding hydrogens is 320 g/mol. The monoisotopic (exact) mass is 338 g/mol. The molecule has 1 fully saturated rings. The van der Waals surface area contributed by atoms with Gasteiger partial charge in [0.1, 0.15) is 0 Å². The summed E-state index contributed by atoms with van der Waals surface area (Å²) in [6, 6.07) is 4.01. The van der Waals surface area contributed by atoms with Crippen molar-refractivity contribution in [1.29, 1.82) is 0 Å². The van der Waals surface area contributed by atoms with Crippen molar-refractivity contribution in [2.24, 2.45) is 7.05 Å². The first-order valence-electron chi connectivity index (χ1n) is 7.29. The van der Waals surface area contributed by atoms with E-state index in [4.69, 9.17) is 11.6 Å². The van der Waals surface area contributed by atoms with Gasteiger partial charge < -0.3 is 4.90 Å². The average molecular weight is 339 g/mol. The van der Waals surface area contributed by atoms with E-state index in [9.17, 15) is 4.79 Å². The van der Waals surface area contributed by atoms with Crippen LogP contribution in [0.2, 0.25) is 4.34 Å². The fourth-order valence-electron chi connectivity index (χ4n) is 2.65. The van der Waals surface area contributed by atoms with Crippen molar-refractivity contribution in [1.82, 2.24) is 19.6 Å². The topological polar surface area (TPSA) is 41.4 Å². The number of nitrogens with zero attached hydrogens (tertiary/aromatic N) is 4. The van der Waals surface area contributed by atoms with E-state index in [-0.39, 0.29) is 5.91 Å². The van der Waals surface area contributed by atoms with Gasteiger partial charge in [-0.2, -0.15) is 5.10 Å². The highest BCUT2D eigenvalue weighted by Crippen LogP contribution is 2.23. The van der Waals surface area contributed by atoms with Crippen LogP contribution >= 0.6 is 22.9 Å². The minimum absolute atomic E-state index is 0.0874. The lowest BCUT2D eigenvalue weighted by Gasteiger charge is -2.34. The molecule has 1 saturated heterocycles. The molecule has 0 saturated carbocycles. The molecule has 0 radical (unpaired) electrons. The molecule has 1 amide bonds. The second-order valence-electron chi connectivity index (χ2n) is 5.54. The van der Waals surface area contributed by atoms with E-state index in [1.54, 1.807) is 22.2 Å². The van der Waals surface area contributed by atoms with Crippen molar-refractivity contribution in [3.8, 4) is 0 Å². The first-order valence-corrected chi connectivity index (χ1v) is 8.48. The zero-order valence-electron chi connectivity index (χ0n) is 12.8. The van der Waals surface area contributed by atoms with E-state index in [0.29, 0.717) is 5.56 Å². The maximum Gasteiger partial charge on any atom is 0.257 e. The minimum Gasteiger partial charge on any atom is -0.336 e. The van der Waals surface area contributed by atoms with E-state index < -0.39 is 0 Å². The zero-order valence-corrected chi connectivity index (χ0v) is 14.3. The highest BCUT2D eigenvalue weighted by Gasteiger charge is 2.24. The molecule has 22 heavy (non-hydrogen) atoms. The number of piperazine rings is 1. The summed E-state index contributed by atoms with van der Waals surface area (Å²) in [6.07, 6.45) is 1.66. The smallest absolute Gasteiger partial charge is 0.257 e. The third-order valence-corrected chi connectivity index (χ3v) is 5.35. The van der Waals surface area contributed by atoms with Crippen LogP contribution in [0.15, 0.2) is 18.3 Å². The fourth-order valence-corrected chi connectivity index (χ4v) is 3.78. The summed E-state index contributed by atoms with van der Waals surface area (Å²) in [5, 5.41) is 4.15. The van der Waals surface area contributed by atoms with Crippen molar-refractivity contribution in [2.75, 3.05) is 26.2 Å². The van der Waals surface area contributed by atoms with E-state index >= 15 is 0 Å². The van der Waals surface area contributed by atoms with Gasteiger partial charge in [0, 0.05) is 50.3 Å². The number of hydrogen-bond acceptors (Lipinski definition) is 4. The summed E-state index contributed by atoms with van der Waals surface area (Å²) < 4.78 is 2.57. The van der Waals surface area contributed by atoms with Crippen molar-refractivity contribution < 1.29 is 4.79 Å². The van der Waals surface area contributed by atoms with Gasteiger partial charge in [-0.05, 0) is 19.1 Å². The first kappa shape index (κ1) is 15.5. The molecular formula is C15H19ClN4OS. The predicted molar refractivity (Wildman–Crippen MR) is 88.5 cm³/mol. The van der Waals surface area contributed by atoms with Crippen LogP contribution in [0.1, 0.15) is 20.9 Å². The maximum atomic E-state index is 12.5. The SMILES string of the molecule is Cc1c(C(=O)N2CCN(Cc3ccc(Cl)s3)CC2)cnn1C. The standard InChI is InChI=1S/C15H19ClN4OS/c1-11-13(9-17-18(11)2)15(21)20-7-5-19(6-8-20)10-12-3-4-14(16)22-12/h3-4,9H,5-8,10H2,1-2H3. The molecule has 0 bridgehead atoms. The van der Waals surface area contributed by atoms with Crippen LogP contribution in [0.4, 0.5) is 0 Å². The van der Waals surface area contributed by atoms with Gasteiger partial charge in [0.2, 0.25) is 0 Å². The Morgan fingerprint density at radius 2 is 2.05 bits per heavy atom. The first-order chi connectivity index (χ1) is 10.5. The van der Waals surface area contributed by atoms with Crippen LogP contribution < -0.4 is 0 Å². The number of aryl methyl sites for hydroxylation is 1. The number of rotatable bonds is 3. The molecule has 2 aromatic rings. The van der Waals surface area contributed by atoms with E-state index in [2.05, 4.69) is 16.1 Å². The predicted octanol–water partition coefficient (Wildman–Crippen LogP) is 2.40. The van der Waals surface area contributed by atoms with Crippen LogP contribution in [0.5, 0.6) is 0 Å². The van der Waals surface area contributed by atoms with Crippen molar-refractivity contribution in [3.63, 3.8) is 0 Å². The Bertz CT molecular complexity index is 673. The number of thiophene rings is 1. The highest BCUT2D eigenvalue weighted by atomic mass is 35.5. The zero-order chi connectivity index (χ0) is 15.7. The molecule has 0 atom stereocenters. The average Bonchev–Trinajstić information content (AvgIpc) is 3.06. The van der Waals surface area contributed by atoms with Gasteiger partial charge in [-0.25, -0.2) is 0 Å². The number of halogens is 1. The summed E-state index contributed by atoms with van der Waals surface area (Å²) in [6.45, 7) is 6.13. The summed E-state index contributed by atoms with van der Waals surface area (Å²) >= 11 is 7.59. The lowest BCUT2D eigenvalue weighted by Crippen LogP contribution is -2.48. The molecule has 0 aliphatic carbocycles. The van der Waals surface area contributed by atoms with Crippen LogP contribution in [0.25, 0.3) is 0 Å². The molecule has 1 aliphatic rings. The second-order valence-corrected chi connectivity index (χ2v) is 7.34. The van der Waals surface area contributed by atoms with Crippen LogP contribution in [0.3, 0.4) is 0 Å². The Morgan fingerprint density at radius 3 is 2.59 bits per heavy atom. The van der Waals surface area contributed by atoms with Gasteiger partial charge in [-0.1, -0.05) is 11.6 Å². The van der Waals surface area contributed by atoms with Gasteiger partial charge in [0.25, 0.3) is 5.91 Å². The van der Waals surface area contributed by atoms with Gasteiger partial charge in [0.15, 0.2) is 0 Å². The molecule has 118 valence electrons. The Kier molecular flexibility index (Phi) is 4.52. The number of aromatic nitrogens is 2. The molecule has 3 rings (SSSR count). The molecule has 2 aromatic heterocycles. The summed E-state index contributed by atoms with van der Waals surface area (Å²) in [5.74, 6) is 0.0874. The van der Waals surface area contributed by atoms with Gasteiger partial charge in [-0.15, -0.1) is 11.3 Å². The maximum absolute atomic E-state index is 12.5.